The van der Waals surface area contributed by atoms with E-state index in [4.69, 9.17) is 31.3 Å². The molecular weight excluding hydrogens is 750 g/mol. The number of thiophene rings is 1. The van der Waals surface area contributed by atoms with Gasteiger partial charge >= 0.3 is 0 Å². The van der Waals surface area contributed by atoms with Crippen molar-refractivity contribution in [2.75, 3.05) is 0 Å². The monoisotopic (exact) mass is 779 g/mol. The van der Waals surface area contributed by atoms with Crippen molar-refractivity contribution in [2.45, 2.75) is 5.41 Å². The minimum absolute atomic E-state index is 0.615. The van der Waals surface area contributed by atoms with Crippen LogP contribution in [0.4, 0.5) is 0 Å². The number of halogens is 1. The van der Waals surface area contributed by atoms with Crippen LogP contribution in [0.2, 0.25) is 5.02 Å². The fourth-order valence-corrected chi connectivity index (χ4v) is 10.8. The quantitative estimate of drug-likeness (QED) is 0.178. The van der Waals surface area contributed by atoms with Crippen molar-refractivity contribution < 1.29 is 4.74 Å². The molecule has 3 heterocycles. The van der Waals surface area contributed by atoms with Gasteiger partial charge in [0.05, 0.1) is 5.41 Å². The van der Waals surface area contributed by atoms with Gasteiger partial charge in [-0.25, -0.2) is 15.0 Å². The van der Waals surface area contributed by atoms with Gasteiger partial charge in [-0.1, -0.05) is 157 Å². The van der Waals surface area contributed by atoms with E-state index in [2.05, 4.69) is 133 Å². The summed E-state index contributed by atoms with van der Waals surface area (Å²) in [4.78, 5) is 15.6. The van der Waals surface area contributed by atoms with Gasteiger partial charge in [-0.15, -0.1) is 11.3 Å². The summed E-state index contributed by atoms with van der Waals surface area (Å²) in [6.07, 6.45) is 0. The normalized spacial score (nSPS) is 13.2. The van der Waals surface area contributed by atoms with Crippen molar-refractivity contribution >= 4 is 43.1 Å². The van der Waals surface area contributed by atoms with E-state index in [1.54, 1.807) is 11.3 Å². The maximum absolute atomic E-state index is 6.97. The number of hydrogen-bond acceptors (Lipinski definition) is 5. The molecule has 10 aromatic rings. The number of para-hydroxylation sites is 2. The second-order valence-corrected chi connectivity index (χ2v) is 16.3. The zero-order valence-electron chi connectivity index (χ0n) is 30.9. The van der Waals surface area contributed by atoms with Gasteiger partial charge in [0, 0.05) is 53.0 Å². The Balaban J connectivity index is 1.19. The third kappa shape index (κ3) is 4.78. The summed E-state index contributed by atoms with van der Waals surface area (Å²) >= 11 is 8.75. The predicted octanol–water partition coefficient (Wildman–Crippen LogP) is 14.0. The smallest absolute Gasteiger partial charge is 0.164 e. The number of hydrogen-bond donors (Lipinski definition) is 0. The fraction of sp³-hybridized carbons (Fsp3) is 0.0192. The highest BCUT2D eigenvalue weighted by Crippen LogP contribution is 2.63. The van der Waals surface area contributed by atoms with Gasteiger partial charge in [0.1, 0.15) is 11.5 Å². The molecule has 0 saturated carbocycles. The molecule has 1 aliphatic carbocycles. The van der Waals surface area contributed by atoms with E-state index in [0.29, 0.717) is 17.5 Å². The third-order valence-electron chi connectivity index (χ3n) is 11.7. The zero-order valence-corrected chi connectivity index (χ0v) is 32.4. The number of aromatic nitrogens is 3. The molecule has 2 aromatic heterocycles. The maximum atomic E-state index is 6.97. The van der Waals surface area contributed by atoms with Crippen molar-refractivity contribution in [2.24, 2.45) is 0 Å². The van der Waals surface area contributed by atoms with Crippen LogP contribution in [-0.4, -0.2) is 15.0 Å². The first-order valence-electron chi connectivity index (χ1n) is 19.3. The van der Waals surface area contributed by atoms with E-state index in [9.17, 15) is 0 Å². The van der Waals surface area contributed by atoms with E-state index < -0.39 is 5.41 Å². The maximum Gasteiger partial charge on any atom is 0.164 e. The SMILES string of the molecule is Clc1cccc2sc3cccc(-c4ccc5c(c4)-c4c(-c6nc(-c7ccccc7)nc(-c7ccccc7)n6)cccc4C54c5ccccc5Oc5ccccc54)c3c12. The molecule has 12 rings (SSSR count). The van der Waals surface area contributed by atoms with Gasteiger partial charge in [-0.2, -0.15) is 0 Å². The lowest BCUT2D eigenvalue weighted by Crippen LogP contribution is -2.32. The Morgan fingerprint density at radius 3 is 1.66 bits per heavy atom. The summed E-state index contributed by atoms with van der Waals surface area (Å²) in [6, 6.07) is 63.6. The van der Waals surface area contributed by atoms with Crippen molar-refractivity contribution in [1.29, 1.82) is 0 Å². The minimum Gasteiger partial charge on any atom is -0.457 e. The van der Waals surface area contributed by atoms with E-state index in [0.717, 1.165) is 77.5 Å². The summed E-state index contributed by atoms with van der Waals surface area (Å²) < 4.78 is 9.06. The molecule has 0 bridgehead atoms. The first kappa shape index (κ1) is 33.2. The summed E-state index contributed by atoms with van der Waals surface area (Å²) in [6.45, 7) is 0. The van der Waals surface area contributed by atoms with Crippen LogP contribution in [0.1, 0.15) is 22.3 Å². The average molecular weight is 780 g/mol. The van der Waals surface area contributed by atoms with Crippen LogP contribution >= 0.6 is 22.9 Å². The molecule has 0 saturated heterocycles. The van der Waals surface area contributed by atoms with Crippen LogP contribution in [0, 0.1) is 0 Å². The van der Waals surface area contributed by atoms with Crippen molar-refractivity contribution in [3.05, 3.63) is 209 Å². The number of nitrogens with zero attached hydrogens (tertiary/aromatic N) is 3. The highest BCUT2D eigenvalue weighted by Gasteiger charge is 2.52. The molecule has 0 unspecified atom stereocenters. The lowest BCUT2D eigenvalue weighted by atomic mass is 9.66. The molecule has 6 heteroatoms. The molecule has 0 N–H and O–H groups in total. The van der Waals surface area contributed by atoms with E-state index in [1.807, 2.05) is 48.5 Å². The van der Waals surface area contributed by atoms with Gasteiger partial charge in [0.25, 0.3) is 0 Å². The first-order chi connectivity index (χ1) is 28.7. The topological polar surface area (TPSA) is 47.9 Å². The molecule has 4 nitrogen and oxygen atoms in total. The van der Waals surface area contributed by atoms with Crippen LogP contribution in [-0.2, 0) is 5.41 Å². The van der Waals surface area contributed by atoms with Crippen molar-refractivity contribution in [3.63, 3.8) is 0 Å². The van der Waals surface area contributed by atoms with Crippen LogP contribution < -0.4 is 4.74 Å². The second kappa shape index (κ2) is 12.8. The van der Waals surface area contributed by atoms with Gasteiger partial charge in [-0.3, -0.25) is 0 Å². The summed E-state index contributed by atoms with van der Waals surface area (Å²) in [7, 11) is 0. The Labute approximate surface area is 343 Å². The second-order valence-electron chi connectivity index (χ2n) is 14.8. The lowest BCUT2D eigenvalue weighted by molar-refractivity contribution is 0.436. The molecule has 272 valence electrons. The Morgan fingerprint density at radius 2 is 0.966 bits per heavy atom. The Kier molecular flexibility index (Phi) is 7.34. The van der Waals surface area contributed by atoms with E-state index >= 15 is 0 Å². The molecule has 1 aliphatic heterocycles. The fourth-order valence-electron chi connectivity index (χ4n) is 9.30. The zero-order chi connectivity index (χ0) is 38.4. The van der Waals surface area contributed by atoms with Crippen molar-refractivity contribution in [3.8, 4) is 67.9 Å². The van der Waals surface area contributed by atoms with Gasteiger partial charge in [0.2, 0.25) is 0 Å². The molecule has 58 heavy (non-hydrogen) atoms. The Bertz CT molecular complexity index is 3180. The van der Waals surface area contributed by atoms with E-state index in [1.165, 1.54) is 20.3 Å². The Hall–Kier alpha value is -6.92. The lowest BCUT2D eigenvalue weighted by Gasteiger charge is -2.39. The number of fused-ring (bicyclic) bond motifs is 12. The van der Waals surface area contributed by atoms with Crippen LogP contribution in [0.5, 0.6) is 11.5 Å². The highest BCUT2D eigenvalue weighted by atomic mass is 35.5. The molecule has 0 fully saturated rings. The number of ether oxygens (including phenoxy) is 1. The summed E-state index contributed by atoms with van der Waals surface area (Å²) in [5.74, 6) is 3.55. The largest absolute Gasteiger partial charge is 0.457 e. The predicted molar refractivity (Wildman–Crippen MR) is 237 cm³/mol. The van der Waals surface area contributed by atoms with E-state index in [-0.39, 0.29) is 0 Å². The Morgan fingerprint density at radius 1 is 0.414 bits per heavy atom. The molecule has 0 atom stereocenters. The molecule has 1 spiro atoms. The van der Waals surface area contributed by atoms with Crippen LogP contribution in [0.15, 0.2) is 182 Å². The average Bonchev–Trinajstić information content (AvgIpc) is 3.82. The first-order valence-corrected chi connectivity index (χ1v) is 20.5. The van der Waals surface area contributed by atoms with Gasteiger partial charge in [0.15, 0.2) is 17.5 Å². The van der Waals surface area contributed by atoms with Crippen LogP contribution in [0.25, 0.3) is 76.6 Å². The van der Waals surface area contributed by atoms with Gasteiger partial charge in [-0.05, 0) is 69.8 Å². The third-order valence-corrected chi connectivity index (χ3v) is 13.1. The van der Waals surface area contributed by atoms with Gasteiger partial charge < -0.3 is 4.74 Å². The molecule has 8 aromatic carbocycles. The number of rotatable bonds is 4. The standard InChI is InChI=1S/C52H30ClN3OS/c53-41-23-13-27-45-48(41)47-34(18-12-26-44(47)58-45)33-28-29-37-36(30-33)46-35(51-55-49(31-14-3-1-4-15-31)54-50(56-51)32-16-5-2-6-17-32)19-11-22-40(46)52(37)38-20-7-9-24-42(38)57-43-25-10-8-21-39(43)52/h1-30H. The number of benzene rings is 8. The van der Waals surface area contributed by atoms with Crippen molar-refractivity contribution in [1.82, 2.24) is 15.0 Å². The molecule has 2 aliphatic rings. The molecular formula is C52H30ClN3OS. The van der Waals surface area contributed by atoms with Crippen LogP contribution in [0.3, 0.4) is 0 Å². The minimum atomic E-state index is -0.674. The summed E-state index contributed by atoms with van der Waals surface area (Å²) in [5.41, 5.74) is 11.1. The summed E-state index contributed by atoms with van der Waals surface area (Å²) in [5, 5.41) is 3.03. The molecule has 0 amide bonds. The highest BCUT2D eigenvalue weighted by molar-refractivity contribution is 7.26. The molecule has 0 radical (unpaired) electrons.